The molecular weight excluding hydrogens is 494 g/mol. The second kappa shape index (κ2) is 9.85. The van der Waals surface area contributed by atoms with Crippen molar-refractivity contribution in [1.82, 2.24) is 0 Å². The first-order valence-electron chi connectivity index (χ1n) is 9.67. The molecule has 4 aromatic rings. The van der Waals surface area contributed by atoms with Crippen LogP contribution in [0.4, 0.5) is 5.69 Å². The SMILES string of the molecule is O=C(Nc1ccc(Cl)cc1C(=O)c1ccccc1)c1ccc(COc2ccc(Br)cc2)o1. The molecule has 1 aromatic heterocycles. The van der Waals surface area contributed by atoms with Crippen LogP contribution in [0.3, 0.4) is 0 Å². The fourth-order valence-corrected chi connectivity index (χ4v) is 3.44. The number of hydrogen-bond donors (Lipinski definition) is 1. The highest BCUT2D eigenvalue weighted by Gasteiger charge is 2.18. The van der Waals surface area contributed by atoms with Crippen LogP contribution in [0.1, 0.15) is 32.2 Å². The lowest BCUT2D eigenvalue weighted by atomic mass is 10.0. The molecule has 3 aromatic carbocycles. The summed E-state index contributed by atoms with van der Waals surface area (Å²) < 4.78 is 12.2. The van der Waals surface area contributed by atoms with E-state index < -0.39 is 5.91 Å². The average molecular weight is 511 g/mol. The molecule has 5 nitrogen and oxygen atoms in total. The van der Waals surface area contributed by atoms with Gasteiger partial charge in [-0.1, -0.05) is 57.9 Å². The van der Waals surface area contributed by atoms with Gasteiger partial charge >= 0.3 is 0 Å². The van der Waals surface area contributed by atoms with Crippen LogP contribution in [0.2, 0.25) is 5.02 Å². The number of nitrogens with one attached hydrogen (secondary N) is 1. The zero-order valence-corrected chi connectivity index (χ0v) is 19.0. The maximum Gasteiger partial charge on any atom is 0.291 e. The van der Waals surface area contributed by atoms with Gasteiger partial charge in [0.1, 0.15) is 18.1 Å². The van der Waals surface area contributed by atoms with Crippen molar-refractivity contribution in [3.63, 3.8) is 0 Å². The highest BCUT2D eigenvalue weighted by Crippen LogP contribution is 2.25. The second-order valence-electron chi connectivity index (χ2n) is 6.85. The van der Waals surface area contributed by atoms with Crippen LogP contribution in [-0.4, -0.2) is 11.7 Å². The fourth-order valence-electron chi connectivity index (χ4n) is 3.01. The molecule has 0 unspecified atom stereocenters. The summed E-state index contributed by atoms with van der Waals surface area (Å²) in [5, 5.41) is 3.14. The van der Waals surface area contributed by atoms with Gasteiger partial charge in [-0.25, -0.2) is 0 Å². The molecule has 0 aliphatic carbocycles. The van der Waals surface area contributed by atoms with Crippen molar-refractivity contribution in [3.05, 3.63) is 117 Å². The zero-order valence-electron chi connectivity index (χ0n) is 16.7. The standard InChI is InChI=1S/C25H17BrClNO4/c26-17-6-9-19(10-7-17)31-15-20-11-13-23(32-20)25(30)28-22-12-8-18(27)14-21(22)24(29)16-4-2-1-3-5-16/h1-14H,15H2,(H,28,30). The third-order valence-electron chi connectivity index (χ3n) is 4.59. The molecule has 4 rings (SSSR count). The van der Waals surface area contributed by atoms with Crippen molar-refractivity contribution >= 4 is 44.9 Å². The lowest BCUT2D eigenvalue weighted by Gasteiger charge is -2.10. The Morgan fingerprint density at radius 1 is 0.938 bits per heavy atom. The molecule has 0 radical (unpaired) electrons. The Labute approximate surface area is 198 Å². The van der Waals surface area contributed by atoms with E-state index in [-0.39, 0.29) is 18.2 Å². The normalized spacial score (nSPS) is 10.6. The Kier molecular flexibility index (Phi) is 6.73. The number of ketones is 1. The first-order chi connectivity index (χ1) is 15.5. The fraction of sp³-hybridized carbons (Fsp3) is 0.0400. The molecule has 0 saturated carbocycles. The van der Waals surface area contributed by atoms with Crippen LogP contribution in [0.25, 0.3) is 0 Å². The number of rotatable bonds is 7. The molecule has 0 aliphatic rings. The molecular formula is C25H17BrClNO4. The summed E-state index contributed by atoms with van der Waals surface area (Å²) in [7, 11) is 0. The van der Waals surface area contributed by atoms with E-state index in [9.17, 15) is 9.59 Å². The molecule has 0 bridgehead atoms. The number of ether oxygens (including phenoxy) is 1. The molecule has 1 heterocycles. The minimum atomic E-state index is -0.482. The Bertz CT molecular complexity index is 1250. The number of carbonyl (C=O) groups is 2. The smallest absolute Gasteiger partial charge is 0.291 e. The average Bonchev–Trinajstić information content (AvgIpc) is 3.29. The van der Waals surface area contributed by atoms with Crippen LogP contribution in [0, 0.1) is 0 Å². The molecule has 0 saturated heterocycles. The molecule has 0 fully saturated rings. The number of carbonyl (C=O) groups excluding carboxylic acids is 2. The number of hydrogen-bond acceptors (Lipinski definition) is 4. The van der Waals surface area contributed by atoms with Gasteiger partial charge in [0.05, 0.1) is 5.69 Å². The molecule has 32 heavy (non-hydrogen) atoms. The van der Waals surface area contributed by atoms with Crippen molar-refractivity contribution in [2.24, 2.45) is 0 Å². The zero-order chi connectivity index (χ0) is 22.5. The van der Waals surface area contributed by atoms with E-state index in [1.807, 2.05) is 30.3 Å². The van der Waals surface area contributed by atoms with Gasteiger partial charge in [0.25, 0.3) is 5.91 Å². The van der Waals surface area contributed by atoms with Gasteiger partial charge in [0.2, 0.25) is 0 Å². The summed E-state index contributed by atoms with van der Waals surface area (Å²) in [5.41, 5.74) is 1.13. The van der Waals surface area contributed by atoms with Crippen molar-refractivity contribution < 1.29 is 18.7 Å². The number of halogens is 2. The van der Waals surface area contributed by atoms with E-state index in [4.69, 9.17) is 20.8 Å². The van der Waals surface area contributed by atoms with Crippen molar-refractivity contribution in [2.75, 3.05) is 5.32 Å². The maximum atomic E-state index is 12.9. The van der Waals surface area contributed by atoms with E-state index in [2.05, 4.69) is 21.2 Å². The summed E-state index contributed by atoms with van der Waals surface area (Å²) in [6.45, 7) is 0.174. The quantitative estimate of drug-likeness (QED) is 0.279. The predicted octanol–water partition coefficient (Wildman–Crippen LogP) is 6.76. The van der Waals surface area contributed by atoms with E-state index in [0.717, 1.165) is 4.47 Å². The van der Waals surface area contributed by atoms with E-state index in [1.165, 1.54) is 6.07 Å². The molecule has 1 amide bonds. The van der Waals surface area contributed by atoms with Gasteiger partial charge < -0.3 is 14.5 Å². The van der Waals surface area contributed by atoms with Gasteiger partial charge in [-0.15, -0.1) is 0 Å². The summed E-state index contributed by atoms with van der Waals surface area (Å²) in [5.74, 6) is 0.554. The highest BCUT2D eigenvalue weighted by molar-refractivity contribution is 9.10. The topological polar surface area (TPSA) is 68.5 Å². The Hall–Kier alpha value is -3.35. The van der Waals surface area contributed by atoms with E-state index >= 15 is 0 Å². The largest absolute Gasteiger partial charge is 0.486 e. The van der Waals surface area contributed by atoms with Crippen molar-refractivity contribution in [3.8, 4) is 5.75 Å². The lowest BCUT2D eigenvalue weighted by Crippen LogP contribution is -2.14. The first kappa shape index (κ1) is 21.9. The highest BCUT2D eigenvalue weighted by atomic mass is 79.9. The van der Waals surface area contributed by atoms with Crippen LogP contribution in [0.5, 0.6) is 5.75 Å². The van der Waals surface area contributed by atoms with Gasteiger partial charge in [-0.2, -0.15) is 0 Å². The Morgan fingerprint density at radius 3 is 2.44 bits per heavy atom. The van der Waals surface area contributed by atoms with Gasteiger partial charge in [-0.05, 0) is 54.6 Å². The first-order valence-corrected chi connectivity index (χ1v) is 10.8. The maximum absolute atomic E-state index is 12.9. The molecule has 1 N–H and O–H groups in total. The number of furan rings is 1. The van der Waals surface area contributed by atoms with Crippen molar-refractivity contribution in [2.45, 2.75) is 6.61 Å². The molecule has 7 heteroatoms. The van der Waals surface area contributed by atoms with Crippen LogP contribution < -0.4 is 10.1 Å². The van der Waals surface area contributed by atoms with E-state index in [1.54, 1.807) is 48.5 Å². The summed E-state index contributed by atoms with van der Waals surface area (Å²) >= 11 is 9.47. The van der Waals surface area contributed by atoms with Crippen LogP contribution >= 0.6 is 27.5 Å². The predicted molar refractivity (Wildman–Crippen MR) is 126 cm³/mol. The van der Waals surface area contributed by atoms with Crippen LogP contribution in [-0.2, 0) is 6.61 Å². The Balaban J connectivity index is 1.47. The van der Waals surface area contributed by atoms with Gasteiger partial charge in [0, 0.05) is 20.6 Å². The third-order valence-corrected chi connectivity index (χ3v) is 5.35. The van der Waals surface area contributed by atoms with Crippen molar-refractivity contribution in [1.29, 1.82) is 0 Å². The minimum absolute atomic E-state index is 0.104. The third kappa shape index (κ3) is 5.28. The number of anilines is 1. The van der Waals surface area contributed by atoms with Gasteiger partial charge in [0.15, 0.2) is 11.5 Å². The van der Waals surface area contributed by atoms with Gasteiger partial charge in [-0.3, -0.25) is 9.59 Å². The van der Waals surface area contributed by atoms with Crippen LogP contribution in [0.15, 0.2) is 93.8 Å². The molecule has 0 spiro atoms. The monoisotopic (exact) mass is 509 g/mol. The molecule has 160 valence electrons. The summed E-state index contributed by atoms with van der Waals surface area (Å²) in [6, 6.07) is 24.2. The molecule has 0 aliphatic heterocycles. The number of benzene rings is 3. The minimum Gasteiger partial charge on any atom is -0.486 e. The summed E-state index contributed by atoms with van der Waals surface area (Å²) in [4.78, 5) is 25.7. The Morgan fingerprint density at radius 2 is 1.69 bits per heavy atom. The van der Waals surface area contributed by atoms with E-state index in [0.29, 0.717) is 33.3 Å². The second-order valence-corrected chi connectivity index (χ2v) is 8.20. The molecule has 0 atom stereocenters. The lowest BCUT2D eigenvalue weighted by molar-refractivity contribution is 0.0992. The summed E-state index contributed by atoms with van der Waals surface area (Å²) in [6.07, 6.45) is 0. The number of amides is 1.